The lowest BCUT2D eigenvalue weighted by Crippen LogP contribution is -2.57. The number of nitrogens with one attached hydrogen (secondary N) is 2. The van der Waals surface area contributed by atoms with Gasteiger partial charge in [-0.1, -0.05) is 42.0 Å². The van der Waals surface area contributed by atoms with Gasteiger partial charge in [-0.05, 0) is 78.4 Å². The molecule has 2 heteroatoms. The van der Waals surface area contributed by atoms with Crippen LogP contribution in [0, 0.1) is 25.2 Å². The van der Waals surface area contributed by atoms with Gasteiger partial charge in [-0.2, -0.15) is 0 Å². The Morgan fingerprint density at radius 2 is 1.76 bits per heavy atom. The summed E-state index contributed by atoms with van der Waals surface area (Å²) in [5, 5.41) is 12.1. The van der Waals surface area contributed by atoms with Crippen LogP contribution in [0.25, 0.3) is 0 Å². The molecule has 0 aliphatic carbocycles. The van der Waals surface area contributed by atoms with Gasteiger partial charge >= 0.3 is 0 Å². The van der Waals surface area contributed by atoms with Crippen LogP contribution in [-0.4, -0.2) is 16.8 Å². The molecule has 1 aliphatic rings. The first-order valence-corrected chi connectivity index (χ1v) is 9.29. The van der Waals surface area contributed by atoms with E-state index >= 15 is 0 Å². The molecule has 0 spiro atoms. The number of aryl methyl sites for hydroxylation is 2. The van der Waals surface area contributed by atoms with Crippen molar-refractivity contribution in [3.8, 4) is 0 Å². The summed E-state index contributed by atoms with van der Waals surface area (Å²) in [5.74, 6) is 0.638. The van der Waals surface area contributed by atoms with Crippen molar-refractivity contribution in [2.75, 3.05) is 0 Å². The Morgan fingerprint density at radius 3 is 2.32 bits per heavy atom. The van der Waals surface area contributed by atoms with Gasteiger partial charge in [0.1, 0.15) is 0 Å². The molecule has 2 rings (SSSR count). The first-order valence-electron chi connectivity index (χ1n) is 9.29. The molecule has 0 saturated carbocycles. The summed E-state index contributed by atoms with van der Waals surface area (Å²) in [7, 11) is 0. The molecule has 2 nitrogen and oxygen atoms in total. The van der Waals surface area contributed by atoms with Crippen LogP contribution >= 0.6 is 0 Å². The van der Waals surface area contributed by atoms with Crippen LogP contribution in [0.3, 0.4) is 0 Å². The lowest BCUT2D eigenvalue weighted by Gasteiger charge is -2.46. The Hall–Kier alpha value is -1.67. The van der Waals surface area contributed by atoms with Crippen LogP contribution in [0.15, 0.2) is 42.5 Å². The standard InChI is InChI=1S/C23H34N2/c1-16-8-10-20(18(3)12-16)21(24)11-9-17(2)13-19-14-22(4,5)25-23(6,7)15-19/h8-12,19,24-25H,2,13-15H2,1,3-7H3/b11-9-,24-21?. The SMILES string of the molecule is C=C(/C=C\C(=N)c1ccc(C)cc1C)CC1CC(C)(C)NC(C)(C)C1. The van der Waals surface area contributed by atoms with Crippen molar-refractivity contribution in [3.63, 3.8) is 0 Å². The lowest BCUT2D eigenvalue weighted by atomic mass is 9.74. The molecule has 1 aromatic carbocycles. The minimum absolute atomic E-state index is 0.169. The average Bonchev–Trinajstić information content (AvgIpc) is 2.41. The van der Waals surface area contributed by atoms with Crippen molar-refractivity contribution in [1.82, 2.24) is 5.32 Å². The van der Waals surface area contributed by atoms with Crippen molar-refractivity contribution in [3.05, 3.63) is 59.2 Å². The van der Waals surface area contributed by atoms with E-state index in [9.17, 15) is 0 Å². The molecule has 1 aromatic rings. The minimum atomic E-state index is 0.169. The Bertz CT molecular complexity index is 676. The van der Waals surface area contributed by atoms with E-state index in [1.54, 1.807) is 0 Å². The molecule has 0 amide bonds. The third-order valence-corrected chi connectivity index (χ3v) is 4.98. The molecular formula is C23H34N2. The summed E-state index contributed by atoms with van der Waals surface area (Å²) in [6.45, 7) is 17.5. The molecule has 1 heterocycles. The van der Waals surface area contributed by atoms with E-state index in [-0.39, 0.29) is 11.1 Å². The van der Waals surface area contributed by atoms with Crippen molar-refractivity contribution < 1.29 is 0 Å². The van der Waals surface area contributed by atoms with Crippen molar-refractivity contribution in [2.45, 2.75) is 71.9 Å². The highest BCUT2D eigenvalue weighted by Gasteiger charge is 2.37. The average molecular weight is 339 g/mol. The smallest absolute Gasteiger partial charge is 0.0614 e. The van der Waals surface area contributed by atoms with E-state index < -0.39 is 0 Å². The molecule has 0 unspecified atom stereocenters. The second kappa shape index (κ2) is 7.29. The molecule has 1 aliphatic heterocycles. The fourth-order valence-corrected chi connectivity index (χ4v) is 4.52. The Kier molecular flexibility index (Phi) is 5.73. The molecule has 2 N–H and O–H groups in total. The summed E-state index contributed by atoms with van der Waals surface area (Å²) in [5.41, 5.74) is 5.40. The predicted octanol–water partition coefficient (Wildman–Crippen LogP) is 5.73. The monoisotopic (exact) mass is 338 g/mol. The van der Waals surface area contributed by atoms with Crippen molar-refractivity contribution in [2.24, 2.45) is 5.92 Å². The predicted molar refractivity (Wildman–Crippen MR) is 110 cm³/mol. The van der Waals surface area contributed by atoms with E-state index in [2.05, 4.69) is 65.6 Å². The fourth-order valence-electron chi connectivity index (χ4n) is 4.52. The van der Waals surface area contributed by atoms with Gasteiger partial charge in [-0.15, -0.1) is 0 Å². The van der Waals surface area contributed by atoms with Gasteiger partial charge in [0, 0.05) is 16.6 Å². The molecule has 1 fully saturated rings. The van der Waals surface area contributed by atoms with Crippen LogP contribution in [0.4, 0.5) is 0 Å². The number of allylic oxidation sites excluding steroid dienone is 3. The summed E-state index contributed by atoms with van der Waals surface area (Å²) in [6, 6.07) is 6.24. The van der Waals surface area contributed by atoms with E-state index in [1.807, 2.05) is 18.2 Å². The first kappa shape index (κ1) is 19.7. The number of hydrogen-bond donors (Lipinski definition) is 2. The summed E-state index contributed by atoms with van der Waals surface area (Å²) in [4.78, 5) is 0. The molecule has 0 aromatic heterocycles. The number of piperidine rings is 1. The minimum Gasteiger partial charge on any atom is -0.307 e. The summed E-state index contributed by atoms with van der Waals surface area (Å²) < 4.78 is 0. The molecule has 0 bridgehead atoms. The van der Waals surface area contributed by atoms with Gasteiger partial charge in [0.25, 0.3) is 0 Å². The molecule has 25 heavy (non-hydrogen) atoms. The molecule has 136 valence electrons. The van der Waals surface area contributed by atoms with E-state index in [4.69, 9.17) is 5.41 Å². The van der Waals surface area contributed by atoms with E-state index in [0.29, 0.717) is 11.6 Å². The van der Waals surface area contributed by atoms with Crippen LogP contribution in [-0.2, 0) is 0 Å². The molecular weight excluding hydrogens is 304 g/mol. The maximum Gasteiger partial charge on any atom is 0.0614 e. The maximum absolute atomic E-state index is 8.34. The Morgan fingerprint density at radius 1 is 1.16 bits per heavy atom. The largest absolute Gasteiger partial charge is 0.307 e. The Labute approximate surface area is 153 Å². The Balaban J connectivity index is 1.99. The van der Waals surface area contributed by atoms with Gasteiger partial charge < -0.3 is 10.7 Å². The highest BCUT2D eigenvalue weighted by Crippen LogP contribution is 2.36. The van der Waals surface area contributed by atoms with Crippen molar-refractivity contribution >= 4 is 5.71 Å². The zero-order valence-corrected chi connectivity index (χ0v) is 16.8. The van der Waals surface area contributed by atoms with Crippen LogP contribution in [0.5, 0.6) is 0 Å². The molecule has 0 radical (unpaired) electrons. The van der Waals surface area contributed by atoms with Gasteiger partial charge in [0.05, 0.1) is 5.71 Å². The lowest BCUT2D eigenvalue weighted by molar-refractivity contribution is 0.129. The molecule has 0 atom stereocenters. The second-order valence-electron chi connectivity index (χ2n) is 9.09. The first-order chi connectivity index (χ1) is 11.5. The fraction of sp³-hybridized carbons (Fsp3) is 0.522. The van der Waals surface area contributed by atoms with Gasteiger partial charge in [0.15, 0.2) is 0 Å². The zero-order chi connectivity index (χ0) is 18.8. The third kappa shape index (κ3) is 5.67. The number of hydrogen-bond acceptors (Lipinski definition) is 2. The quantitative estimate of drug-likeness (QED) is 0.522. The zero-order valence-electron chi connectivity index (χ0n) is 16.8. The van der Waals surface area contributed by atoms with Crippen molar-refractivity contribution in [1.29, 1.82) is 5.41 Å². The second-order valence-corrected chi connectivity index (χ2v) is 9.09. The summed E-state index contributed by atoms with van der Waals surface area (Å²) in [6.07, 6.45) is 7.27. The van der Waals surface area contributed by atoms with Crippen LogP contribution in [0.1, 0.15) is 63.6 Å². The molecule has 1 saturated heterocycles. The van der Waals surface area contributed by atoms with Gasteiger partial charge in [-0.25, -0.2) is 0 Å². The normalized spacial score (nSPS) is 19.9. The van der Waals surface area contributed by atoms with Gasteiger partial charge in [0.2, 0.25) is 0 Å². The van der Waals surface area contributed by atoms with E-state index in [0.717, 1.165) is 36.0 Å². The highest BCUT2D eigenvalue weighted by atomic mass is 15.0. The number of rotatable bonds is 5. The van der Waals surface area contributed by atoms with Gasteiger partial charge in [-0.3, -0.25) is 0 Å². The summed E-state index contributed by atoms with van der Waals surface area (Å²) >= 11 is 0. The van der Waals surface area contributed by atoms with Crippen LogP contribution < -0.4 is 5.32 Å². The van der Waals surface area contributed by atoms with E-state index in [1.165, 1.54) is 5.56 Å². The van der Waals surface area contributed by atoms with Crippen LogP contribution in [0.2, 0.25) is 0 Å². The third-order valence-electron chi connectivity index (χ3n) is 4.98. The topological polar surface area (TPSA) is 35.9 Å². The maximum atomic E-state index is 8.34. The highest BCUT2D eigenvalue weighted by molar-refractivity contribution is 6.07. The number of benzene rings is 1.